The lowest BCUT2D eigenvalue weighted by molar-refractivity contribution is 0.0909. The highest BCUT2D eigenvalue weighted by Gasteiger charge is 2.20. The molecule has 3 rings (SSSR count). The fraction of sp³-hybridized carbons (Fsp3) is 0.381. The molecular weight excluding hydrogens is 404 g/mol. The summed E-state index contributed by atoms with van der Waals surface area (Å²) in [6, 6.07) is 5.64. The van der Waals surface area contributed by atoms with Crippen molar-refractivity contribution in [1.29, 1.82) is 0 Å². The van der Waals surface area contributed by atoms with Gasteiger partial charge in [-0.15, -0.1) is 11.3 Å². The lowest BCUT2D eigenvalue weighted by Gasteiger charge is -2.14. The van der Waals surface area contributed by atoms with Crippen molar-refractivity contribution >= 4 is 33.3 Å². The van der Waals surface area contributed by atoms with Crippen molar-refractivity contribution in [2.75, 3.05) is 33.3 Å². The van der Waals surface area contributed by atoms with Gasteiger partial charge in [0.15, 0.2) is 11.5 Å². The van der Waals surface area contributed by atoms with Gasteiger partial charge in [0.25, 0.3) is 5.91 Å². The van der Waals surface area contributed by atoms with Crippen molar-refractivity contribution < 1.29 is 19.0 Å². The van der Waals surface area contributed by atoms with Crippen molar-refractivity contribution in [2.24, 2.45) is 0 Å². The van der Waals surface area contributed by atoms with E-state index in [1.807, 2.05) is 32.0 Å². The summed E-state index contributed by atoms with van der Waals surface area (Å²) in [5.74, 6) is 1.87. The first-order valence-electron chi connectivity index (χ1n) is 9.47. The summed E-state index contributed by atoms with van der Waals surface area (Å²) in [7, 11) is 4.83. The number of amides is 1. The molecule has 1 aromatic carbocycles. The van der Waals surface area contributed by atoms with Gasteiger partial charge in [0, 0.05) is 25.3 Å². The zero-order valence-corrected chi connectivity index (χ0v) is 18.6. The fourth-order valence-corrected chi connectivity index (χ4v) is 4.33. The van der Waals surface area contributed by atoms with Crippen molar-refractivity contribution in [2.45, 2.75) is 26.4 Å². The van der Waals surface area contributed by atoms with Gasteiger partial charge < -0.3 is 24.8 Å². The van der Waals surface area contributed by atoms with Crippen LogP contribution in [0.2, 0.25) is 0 Å². The maximum absolute atomic E-state index is 12.7. The molecule has 8 nitrogen and oxygen atoms in total. The summed E-state index contributed by atoms with van der Waals surface area (Å²) in [5.41, 5.74) is 1.78. The van der Waals surface area contributed by atoms with Gasteiger partial charge in [0.05, 0.1) is 31.1 Å². The van der Waals surface area contributed by atoms with Crippen LogP contribution in [0.4, 0.5) is 5.82 Å². The monoisotopic (exact) mass is 430 g/mol. The van der Waals surface area contributed by atoms with Crippen LogP contribution in [0.3, 0.4) is 0 Å². The highest BCUT2D eigenvalue weighted by molar-refractivity contribution is 7.20. The molecule has 9 heteroatoms. The average molecular weight is 431 g/mol. The second-order valence-electron chi connectivity index (χ2n) is 6.79. The van der Waals surface area contributed by atoms with Crippen molar-refractivity contribution in [1.82, 2.24) is 15.3 Å². The molecule has 160 valence electrons. The first kappa shape index (κ1) is 21.8. The van der Waals surface area contributed by atoms with E-state index >= 15 is 0 Å². The van der Waals surface area contributed by atoms with E-state index in [0.717, 1.165) is 21.3 Å². The molecule has 2 N–H and O–H groups in total. The number of carbonyl (C=O) groups excluding carboxylic acids is 1. The molecule has 0 unspecified atom stereocenters. The molecule has 0 saturated carbocycles. The Morgan fingerprint density at radius 1 is 1.20 bits per heavy atom. The number of rotatable bonds is 9. The summed E-state index contributed by atoms with van der Waals surface area (Å²) >= 11 is 1.35. The number of benzene rings is 1. The van der Waals surface area contributed by atoms with Crippen LogP contribution < -0.4 is 20.1 Å². The topological polar surface area (TPSA) is 94.6 Å². The third-order valence-electron chi connectivity index (χ3n) is 4.66. The third-order valence-corrected chi connectivity index (χ3v) is 5.86. The Bertz CT molecular complexity index is 1040. The number of nitrogens with zero attached hydrogens (tertiary/aromatic N) is 2. The van der Waals surface area contributed by atoms with Gasteiger partial charge >= 0.3 is 0 Å². The SMILES string of the molecule is COC[C@@H](C)NC(=O)c1sc2ncnc(NCc3cccc(OC)c3OC)c2c1C. The second kappa shape index (κ2) is 9.73. The Morgan fingerprint density at radius 2 is 2.00 bits per heavy atom. The summed E-state index contributed by atoms with van der Waals surface area (Å²) in [6.07, 6.45) is 1.50. The molecule has 0 spiro atoms. The quantitative estimate of drug-likeness (QED) is 0.537. The van der Waals surface area contributed by atoms with E-state index in [2.05, 4.69) is 20.6 Å². The number of hydrogen-bond donors (Lipinski definition) is 2. The highest BCUT2D eigenvalue weighted by Crippen LogP contribution is 2.35. The number of thiophene rings is 1. The standard InChI is InChI=1S/C21H26N4O4S/c1-12(10-27-3)25-20(26)18-13(2)16-19(23-11-24-21(16)30-18)22-9-14-7-6-8-15(28-4)17(14)29-5/h6-8,11-12H,9-10H2,1-5H3,(H,25,26)(H,22,23,24)/t12-/m1/s1. The zero-order valence-electron chi connectivity index (χ0n) is 17.7. The molecule has 30 heavy (non-hydrogen) atoms. The lowest BCUT2D eigenvalue weighted by atomic mass is 10.1. The van der Waals surface area contributed by atoms with Crippen LogP contribution in [0.1, 0.15) is 27.7 Å². The summed E-state index contributed by atoms with van der Waals surface area (Å²) in [5, 5.41) is 7.15. The van der Waals surface area contributed by atoms with Gasteiger partial charge in [-0.25, -0.2) is 9.97 Å². The van der Waals surface area contributed by atoms with Crippen LogP contribution >= 0.6 is 11.3 Å². The van der Waals surface area contributed by atoms with Gasteiger partial charge in [-0.3, -0.25) is 4.79 Å². The third kappa shape index (κ3) is 4.47. The van der Waals surface area contributed by atoms with Crippen LogP contribution in [0.15, 0.2) is 24.5 Å². The van der Waals surface area contributed by atoms with Crippen LogP contribution in [0, 0.1) is 6.92 Å². The minimum Gasteiger partial charge on any atom is -0.493 e. The Kier molecular flexibility index (Phi) is 7.07. The van der Waals surface area contributed by atoms with E-state index in [-0.39, 0.29) is 11.9 Å². The number of anilines is 1. The summed E-state index contributed by atoms with van der Waals surface area (Å²) in [4.78, 5) is 22.8. The van der Waals surface area contributed by atoms with Crippen molar-refractivity contribution in [3.8, 4) is 11.5 Å². The van der Waals surface area contributed by atoms with Gasteiger partial charge in [-0.05, 0) is 25.5 Å². The predicted molar refractivity (Wildman–Crippen MR) is 118 cm³/mol. The lowest BCUT2D eigenvalue weighted by Crippen LogP contribution is -2.35. The number of aryl methyl sites for hydroxylation is 1. The molecule has 0 aliphatic heterocycles. The van der Waals surface area contributed by atoms with E-state index in [1.165, 1.54) is 17.7 Å². The van der Waals surface area contributed by atoms with E-state index in [9.17, 15) is 4.79 Å². The Labute approximate surface area is 179 Å². The van der Waals surface area contributed by atoms with Gasteiger partial charge in [-0.1, -0.05) is 12.1 Å². The molecule has 0 saturated heterocycles. The van der Waals surface area contributed by atoms with E-state index in [1.54, 1.807) is 21.3 Å². The molecule has 0 radical (unpaired) electrons. The molecule has 2 aromatic heterocycles. The van der Waals surface area contributed by atoms with E-state index < -0.39 is 0 Å². The molecule has 1 atom stereocenters. The van der Waals surface area contributed by atoms with Crippen molar-refractivity contribution in [3.63, 3.8) is 0 Å². The van der Waals surface area contributed by atoms with Gasteiger partial charge in [-0.2, -0.15) is 0 Å². The molecular formula is C21H26N4O4S. The molecule has 3 aromatic rings. The maximum atomic E-state index is 12.7. The number of nitrogens with one attached hydrogen (secondary N) is 2. The molecule has 1 amide bonds. The number of para-hydroxylation sites is 1. The minimum absolute atomic E-state index is 0.0867. The summed E-state index contributed by atoms with van der Waals surface area (Å²) < 4.78 is 16.0. The number of fused-ring (bicyclic) bond motifs is 1. The molecule has 0 aliphatic carbocycles. The number of hydrogen-bond acceptors (Lipinski definition) is 8. The van der Waals surface area contributed by atoms with Crippen LogP contribution in [0.5, 0.6) is 11.5 Å². The Morgan fingerprint density at radius 3 is 2.70 bits per heavy atom. The average Bonchev–Trinajstić information content (AvgIpc) is 3.09. The minimum atomic E-state index is -0.138. The van der Waals surface area contributed by atoms with Crippen LogP contribution in [-0.2, 0) is 11.3 Å². The largest absolute Gasteiger partial charge is 0.493 e. The number of carbonyl (C=O) groups is 1. The maximum Gasteiger partial charge on any atom is 0.262 e. The Hall–Kier alpha value is -2.91. The normalized spacial score (nSPS) is 11.9. The molecule has 0 fully saturated rings. The van der Waals surface area contributed by atoms with E-state index in [0.29, 0.717) is 35.3 Å². The first-order valence-corrected chi connectivity index (χ1v) is 10.3. The predicted octanol–water partition coefficient (Wildman–Crippen LogP) is 3.39. The van der Waals surface area contributed by atoms with Crippen molar-refractivity contribution in [3.05, 3.63) is 40.5 Å². The van der Waals surface area contributed by atoms with Gasteiger partial charge in [0.2, 0.25) is 0 Å². The number of ether oxygens (including phenoxy) is 3. The van der Waals surface area contributed by atoms with Crippen LogP contribution in [-0.4, -0.2) is 49.9 Å². The number of methoxy groups -OCH3 is 3. The second-order valence-corrected chi connectivity index (χ2v) is 7.79. The molecule has 2 heterocycles. The number of aromatic nitrogens is 2. The molecule has 0 bridgehead atoms. The fourth-order valence-electron chi connectivity index (χ4n) is 3.28. The zero-order chi connectivity index (χ0) is 21.7. The first-order chi connectivity index (χ1) is 14.5. The summed E-state index contributed by atoms with van der Waals surface area (Å²) in [6.45, 7) is 4.74. The van der Waals surface area contributed by atoms with Gasteiger partial charge in [0.1, 0.15) is 17.0 Å². The Balaban J connectivity index is 1.88. The molecule has 0 aliphatic rings. The van der Waals surface area contributed by atoms with Crippen LogP contribution in [0.25, 0.3) is 10.2 Å². The highest BCUT2D eigenvalue weighted by atomic mass is 32.1. The van der Waals surface area contributed by atoms with E-state index in [4.69, 9.17) is 14.2 Å². The smallest absolute Gasteiger partial charge is 0.262 e.